The predicted octanol–water partition coefficient (Wildman–Crippen LogP) is 4.47. The molecular formula is C18H11F2N3O. The van der Waals surface area contributed by atoms with Crippen LogP contribution in [-0.2, 0) is 0 Å². The van der Waals surface area contributed by atoms with Crippen molar-refractivity contribution in [3.8, 4) is 28.5 Å². The van der Waals surface area contributed by atoms with Gasteiger partial charge in [0, 0.05) is 23.6 Å². The third-order valence-electron chi connectivity index (χ3n) is 3.61. The van der Waals surface area contributed by atoms with Crippen LogP contribution in [0.15, 0.2) is 71.5 Å². The lowest BCUT2D eigenvalue weighted by atomic mass is 10.2. The van der Waals surface area contributed by atoms with E-state index in [1.807, 2.05) is 47.3 Å². The van der Waals surface area contributed by atoms with Crippen molar-refractivity contribution < 1.29 is 13.3 Å². The summed E-state index contributed by atoms with van der Waals surface area (Å²) in [5.74, 6) is -1.41. The van der Waals surface area contributed by atoms with E-state index < -0.39 is 11.6 Å². The standard InChI is InChI=1S/C18H11F2N3O/c19-14-7-4-8-15(20)16(14)18-21-17(22-24-18)12-5-3-6-13(11-12)23-9-1-2-10-23/h1-11H. The number of halogens is 2. The Labute approximate surface area is 136 Å². The molecule has 0 N–H and O–H groups in total. The van der Waals surface area contributed by atoms with Crippen molar-refractivity contribution in [3.63, 3.8) is 0 Å². The second-order valence-electron chi connectivity index (χ2n) is 5.16. The van der Waals surface area contributed by atoms with E-state index in [0.717, 1.165) is 17.8 Å². The van der Waals surface area contributed by atoms with Gasteiger partial charge in [-0.1, -0.05) is 23.4 Å². The van der Waals surface area contributed by atoms with Gasteiger partial charge in [-0.15, -0.1) is 0 Å². The number of aromatic nitrogens is 3. The van der Waals surface area contributed by atoms with Gasteiger partial charge in [0.1, 0.15) is 17.2 Å². The molecule has 0 fully saturated rings. The SMILES string of the molecule is Fc1cccc(F)c1-c1nc(-c2cccc(-n3cccc3)c2)no1. The molecule has 0 atom stereocenters. The summed E-state index contributed by atoms with van der Waals surface area (Å²) in [4.78, 5) is 4.13. The summed E-state index contributed by atoms with van der Waals surface area (Å²) in [5.41, 5.74) is 1.28. The second kappa shape index (κ2) is 5.73. The summed E-state index contributed by atoms with van der Waals surface area (Å²) in [7, 11) is 0. The summed E-state index contributed by atoms with van der Waals surface area (Å²) in [6.45, 7) is 0. The van der Waals surface area contributed by atoms with E-state index in [1.165, 1.54) is 6.07 Å². The maximum atomic E-state index is 13.8. The lowest BCUT2D eigenvalue weighted by Crippen LogP contribution is -1.91. The van der Waals surface area contributed by atoms with Crippen LogP contribution in [0.3, 0.4) is 0 Å². The number of benzene rings is 2. The molecule has 2 aromatic heterocycles. The van der Waals surface area contributed by atoms with Gasteiger partial charge in [0.2, 0.25) is 5.82 Å². The molecule has 0 amide bonds. The van der Waals surface area contributed by atoms with Crippen LogP contribution in [-0.4, -0.2) is 14.7 Å². The number of nitrogens with zero attached hydrogens (tertiary/aromatic N) is 3. The van der Waals surface area contributed by atoms with Crippen molar-refractivity contribution >= 4 is 0 Å². The van der Waals surface area contributed by atoms with Gasteiger partial charge in [0.15, 0.2) is 0 Å². The largest absolute Gasteiger partial charge is 0.333 e. The van der Waals surface area contributed by atoms with Crippen molar-refractivity contribution in [1.29, 1.82) is 0 Å². The molecule has 0 saturated carbocycles. The Hall–Kier alpha value is -3.28. The Bertz CT molecular complexity index is 973. The second-order valence-corrected chi connectivity index (χ2v) is 5.16. The molecule has 118 valence electrons. The zero-order valence-corrected chi connectivity index (χ0v) is 12.4. The van der Waals surface area contributed by atoms with E-state index in [-0.39, 0.29) is 17.3 Å². The minimum absolute atomic E-state index is 0.188. The highest BCUT2D eigenvalue weighted by atomic mass is 19.1. The normalized spacial score (nSPS) is 10.9. The fraction of sp³-hybridized carbons (Fsp3) is 0. The first-order valence-corrected chi connectivity index (χ1v) is 7.24. The highest BCUT2D eigenvalue weighted by Gasteiger charge is 2.18. The molecule has 4 rings (SSSR count). The molecule has 6 heteroatoms. The van der Waals surface area contributed by atoms with Gasteiger partial charge in [0.05, 0.1) is 0 Å². The average molecular weight is 323 g/mol. The third-order valence-corrected chi connectivity index (χ3v) is 3.61. The number of hydrogen-bond acceptors (Lipinski definition) is 3. The minimum Gasteiger partial charge on any atom is -0.333 e. The molecule has 0 unspecified atom stereocenters. The molecule has 0 aliphatic rings. The van der Waals surface area contributed by atoms with E-state index >= 15 is 0 Å². The van der Waals surface area contributed by atoms with Crippen LogP contribution in [0.25, 0.3) is 28.5 Å². The summed E-state index contributed by atoms with van der Waals surface area (Å²) in [5, 5.41) is 3.84. The zero-order valence-electron chi connectivity index (χ0n) is 12.4. The molecule has 2 aromatic carbocycles. The Morgan fingerprint density at radius 3 is 2.33 bits per heavy atom. The van der Waals surface area contributed by atoms with Crippen LogP contribution in [0, 0.1) is 11.6 Å². The highest BCUT2D eigenvalue weighted by molar-refractivity contribution is 5.62. The molecule has 0 aliphatic carbocycles. The monoisotopic (exact) mass is 323 g/mol. The predicted molar refractivity (Wildman–Crippen MR) is 84.4 cm³/mol. The van der Waals surface area contributed by atoms with Gasteiger partial charge >= 0.3 is 0 Å². The van der Waals surface area contributed by atoms with E-state index in [4.69, 9.17) is 4.52 Å². The molecule has 0 bridgehead atoms. The van der Waals surface area contributed by atoms with Crippen molar-refractivity contribution in [2.75, 3.05) is 0 Å². The minimum atomic E-state index is -0.744. The summed E-state index contributed by atoms with van der Waals surface area (Å²) in [6, 6.07) is 14.9. The average Bonchev–Trinajstić information content (AvgIpc) is 3.27. The van der Waals surface area contributed by atoms with Gasteiger partial charge in [0.25, 0.3) is 5.89 Å². The van der Waals surface area contributed by atoms with Crippen LogP contribution >= 0.6 is 0 Å². The maximum Gasteiger partial charge on any atom is 0.264 e. The van der Waals surface area contributed by atoms with Crippen molar-refractivity contribution in [3.05, 3.63) is 78.6 Å². The van der Waals surface area contributed by atoms with Gasteiger partial charge in [-0.3, -0.25) is 0 Å². The number of hydrogen-bond donors (Lipinski definition) is 0. The molecule has 4 nitrogen and oxygen atoms in total. The quantitative estimate of drug-likeness (QED) is 0.558. The van der Waals surface area contributed by atoms with Crippen molar-refractivity contribution in [2.24, 2.45) is 0 Å². The molecular weight excluding hydrogens is 312 g/mol. The lowest BCUT2D eigenvalue weighted by molar-refractivity contribution is 0.426. The first kappa shape index (κ1) is 14.3. The van der Waals surface area contributed by atoms with Gasteiger partial charge in [-0.25, -0.2) is 8.78 Å². The summed E-state index contributed by atoms with van der Waals surface area (Å²) < 4.78 is 34.6. The summed E-state index contributed by atoms with van der Waals surface area (Å²) in [6.07, 6.45) is 3.82. The van der Waals surface area contributed by atoms with E-state index in [0.29, 0.717) is 5.56 Å². The molecule has 0 saturated heterocycles. The fourth-order valence-corrected chi connectivity index (χ4v) is 2.46. The maximum absolute atomic E-state index is 13.8. The van der Waals surface area contributed by atoms with Crippen LogP contribution < -0.4 is 0 Å². The van der Waals surface area contributed by atoms with Crippen LogP contribution in [0.4, 0.5) is 8.78 Å². The Morgan fingerprint density at radius 2 is 1.58 bits per heavy atom. The molecule has 0 radical (unpaired) electrons. The van der Waals surface area contributed by atoms with E-state index in [2.05, 4.69) is 10.1 Å². The highest BCUT2D eigenvalue weighted by Crippen LogP contribution is 2.27. The van der Waals surface area contributed by atoms with Crippen molar-refractivity contribution in [1.82, 2.24) is 14.7 Å². The Kier molecular flexibility index (Phi) is 3.42. The first-order valence-electron chi connectivity index (χ1n) is 7.24. The van der Waals surface area contributed by atoms with E-state index in [9.17, 15) is 8.78 Å². The van der Waals surface area contributed by atoms with Crippen LogP contribution in [0.5, 0.6) is 0 Å². The number of rotatable bonds is 3. The van der Waals surface area contributed by atoms with Gasteiger partial charge in [-0.2, -0.15) is 4.98 Å². The molecule has 0 aliphatic heterocycles. The molecule has 4 aromatic rings. The van der Waals surface area contributed by atoms with Crippen LogP contribution in [0.1, 0.15) is 0 Å². The zero-order chi connectivity index (χ0) is 16.5. The molecule has 2 heterocycles. The van der Waals surface area contributed by atoms with Crippen LogP contribution in [0.2, 0.25) is 0 Å². The summed E-state index contributed by atoms with van der Waals surface area (Å²) >= 11 is 0. The third kappa shape index (κ3) is 2.48. The molecule has 24 heavy (non-hydrogen) atoms. The van der Waals surface area contributed by atoms with Gasteiger partial charge in [-0.05, 0) is 36.4 Å². The van der Waals surface area contributed by atoms with E-state index in [1.54, 1.807) is 6.07 Å². The van der Waals surface area contributed by atoms with Crippen molar-refractivity contribution in [2.45, 2.75) is 0 Å². The Morgan fingerprint density at radius 1 is 0.875 bits per heavy atom. The lowest BCUT2D eigenvalue weighted by Gasteiger charge is -2.03. The van der Waals surface area contributed by atoms with Gasteiger partial charge < -0.3 is 9.09 Å². The first-order chi connectivity index (χ1) is 11.7. The smallest absolute Gasteiger partial charge is 0.264 e. The topological polar surface area (TPSA) is 43.9 Å². The molecule has 0 spiro atoms. The fourth-order valence-electron chi connectivity index (χ4n) is 2.46. The Balaban J connectivity index is 1.75.